The van der Waals surface area contributed by atoms with Gasteiger partial charge in [0.2, 0.25) is 0 Å². The standard InChI is InChI=1S/C20H20N4S/c1-3-11-24-19(16-10-6-7-15(2)12-16)22-23-20(24)25-14-18-9-5-4-8-17(18)13-21/h4-10,12H,3,11,14H2,1-2H3. The first-order valence-corrected chi connectivity index (χ1v) is 9.32. The number of nitriles is 1. The maximum absolute atomic E-state index is 9.24. The second-order valence-corrected chi connectivity index (χ2v) is 6.83. The van der Waals surface area contributed by atoms with Gasteiger partial charge < -0.3 is 4.57 Å². The minimum Gasteiger partial charge on any atom is -0.302 e. The molecule has 0 aliphatic carbocycles. The molecule has 0 atom stereocenters. The van der Waals surface area contributed by atoms with Gasteiger partial charge in [-0.3, -0.25) is 0 Å². The average molecular weight is 348 g/mol. The van der Waals surface area contributed by atoms with E-state index in [1.165, 1.54) is 5.56 Å². The molecule has 0 radical (unpaired) electrons. The highest BCUT2D eigenvalue weighted by atomic mass is 32.2. The first kappa shape index (κ1) is 17.2. The molecule has 3 rings (SSSR count). The highest BCUT2D eigenvalue weighted by Crippen LogP contribution is 2.28. The van der Waals surface area contributed by atoms with Gasteiger partial charge in [-0.25, -0.2) is 0 Å². The van der Waals surface area contributed by atoms with Crippen molar-refractivity contribution in [3.05, 3.63) is 65.2 Å². The molecular weight excluding hydrogens is 328 g/mol. The molecule has 126 valence electrons. The molecule has 0 saturated carbocycles. The summed E-state index contributed by atoms with van der Waals surface area (Å²) in [6.07, 6.45) is 1.01. The lowest BCUT2D eigenvalue weighted by Gasteiger charge is -2.09. The van der Waals surface area contributed by atoms with Gasteiger partial charge >= 0.3 is 0 Å². The van der Waals surface area contributed by atoms with Crippen molar-refractivity contribution in [2.24, 2.45) is 0 Å². The SMILES string of the molecule is CCCn1c(SCc2ccccc2C#N)nnc1-c1cccc(C)c1. The molecule has 0 N–H and O–H groups in total. The summed E-state index contributed by atoms with van der Waals surface area (Å²) in [7, 11) is 0. The fourth-order valence-corrected chi connectivity index (χ4v) is 3.68. The van der Waals surface area contributed by atoms with Crippen LogP contribution in [0.5, 0.6) is 0 Å². The summed E-state index contributed by atoms with van der Waals surface area (Å²) in [6.45, 7) is 5.11. The van der Waals surface area contributed by atoms with E-state index in [2.05, 4.69) is 52.9 Å². The largest absolute Gasteiger partial charge is 0.302 e. The molecule has 0 spiro atoms. The average Bonchev–Trinajstić information content (AvgIpc) is 3.03. The molecule has 5 heteroatoms. The van der Waals surface area contributed by atoms with Crippen LogP contribution in [0.1, 0.15) is 30.0 Å². The van der Waals surface area contributed by atoms with Crippen molar-refractivity contribution in [3.63, 3.8) is 0 Å². The van der Waals surface area contributed by atoms with Crippen LogP contribution in [0.4, 0.5) is 0 Å². The number of thioether (sulfide) groups is 1. The summed E-state index contributed by atoms with van der Waals surface area (Å²) in [5.41, 5.74) is 4.04. The predicted molar refractivity (Wildman–Crippen MR) is 101 cm³/mol. The Balaban J connectivity index is 1.88. The number of hydrogen-bond donors (Lipinski definition) is 0. The zero-order valence-corrected chi connectivity index (χ0v) is 15.3. The third-order valence-corrected chi connectivity index (χ3v) is 4.95. The van der Waals surface area contributed by atoms with E-state index in [1.807, 2.05) is 30.3 Å². The van der Waals surface area contributed by atoms with Gasteiger partial charge in [-0.1, -0.05) is 60.6 Å². The molecule has 0 aliphatic heterocycles. The van der Waals surface area contributed by atoms with Crippen LogP contribution in [-0.4, -0.2) is 14.8 Å². The van der Waals surface area contributed by atoms with Crippen molar-refractivity contribution in [2.75, 3.05) is 0 Å². The van der Waals surface area contributed by atoms with Gasteiger partial charge in [-0.15, -0.1) is 10.2 Å². The number of aromatic nitrogens is 3. The maximum Gasteiger partial charge on any atom is 0.191 e. The first-order valence-electron chi connectivity index (χ1n) is 8.34. The van der Waals surface area contributed by atoms with Gasteiger partial charge in [-0.05, 0) is 31.0 Å². The van der Waals surface area contributed by atoms with Crippen LogP contribution < -0.4 is 0 Å². The van der Waals surface area contributed by atoms with Gasteiger partial charge in [0.05, 0.1) is 11.6 Å². The molecule has 1 heterocycles. The number of nitrogens with zero attached hydrogens (tertiary/aromatic N) is 4. The third kappa shape index (κ3) is 3.92. The molecule has 25 heavy (non-hydrogen) atoms. The van der Waals surface area contributed by atoms with Crippen LogP contribution in [0.2, 0.25) is 0 Å². The Labute approximate surface area is 152 Å². The van der Waals surface area contributed by atoms with Gasteiger partial charge in [0, 0.05) is 17.9 Å². The van der Waals surface area contributed by atoms with Crippen LogP contribution in [0.3, 0.4) is 0 Å². The summed E-state index contributed by atoms with van der Waals surface area (Å²) in [6, 6.07) is 18.3. The second kappa shape index (κ2) is 8.00. The number of benzene rings is 2. The molecule has 1 aromatic heterocycles. The Morgan fingerprint density at radius 2 is 1.96 bits per heavy atom. The summed E-state index contributed by atoms with van der Waals surface area (Å²) in [4.78, 5) is 0. The topological polar surface area (TPSA) is 54.5 Å². The maximum atomic E-state index is 9.24. The zero-order chi connectivity index (χ0) is 17.6. The van der Waals surface area contributed by atoms with E-state index in [1.54, 1.807) is 11.8 Å². The molecule has 3 aromatic rings. The van der Waals surface area contributed by atoms with Gasteiger partial charge in [0.1, 0.15) is 0 Å². The molecule has 0 fully saturated rings. The Hall–Kier alpha value is -2.58. The molecular formula is C20H20N4S. The quantitative estimate of drug-likeness (QED) is 0.599. The summed E-state index contributed by atoms with van der Waals surface area (Å²) in [5.74, 6) is 1.61. The van der Waals surface area contributed by atoms with Crippen molar-refractivity contribution in [1.29, 1.82) is 5.26 Å². The lowest BCUT2D eigenvalue weighted by Crippen LogP contribution is -2.02. The number of hydrogen-bond acceptors (Lipinski definition) is 4. The minimum absolute atomic E-state index is 0.708. The van der Waals surface area contributed by atoms with Crippen molar-refractivity contribution < 1.29 is 0 Å². The van der Waals surface area contributed by atoms with Gasteiger partial charge in [0.15, 0.2) is 11.0 Å². The Morgan fingerprint density at radius 3 is 2.72 bits per heavy atom. The van der Waals surface area contributed by atoms with E-state index >= 15 is 0 Å². The Bertz CT molecular complexity index is 908. The minimum atomic E-state index is 0.708. The van der Waals surface area contributed by atoms with Crippen molar-refractivity contribution in [2.45, 2.75) is 37.7 Å². The van der Waals surface area contributed by atoms with Crippen LogP contribution >= 0.6 is 11.8 Å². The smallest absolute Gasteiger partial charge is 0.191 e. The van der Waals surface area contributed by atoms with Crippen molar-refractivity contribution in [1.82, 2.24) is 14.8 Å². The third-order valence-electron chi connectivity index (χ3n) is 3.93. The van der Waals surface area contributed by atoms with Crippen LogP contribution in [0.25, 0.3) is 11.4 Å². The van der Waals surface area contributed by atoms with Crippen LogP contribution in [0.15, 0.2) is 53.7 Å². The Morgan fingerprint density at radius 1 is 1.12 bits per heavy atom. The molecule has 0 bridgehead atoms. The molecule has 2 aromatic carbocycles. The summed E-state index contributed by atoms with van der Waals surface area (Å²) < 4.78 is 2.18. The molecule has 0 unspecified atom stereocenters. The molecule has 0 aliphatic rings. The lowest BCUT2D eigenvalue weighted by molar-refractivity contribution is 0.626. The van der Waals surface area contributed by atoms with E-state index < -0.39 is 0 Å². The fraction of sp³-hybridized carbons (Fsp3) is 0.250. The monoisotopic (exact) mass is 348 g/mol. The van der Waals surface area contributed by atoms with Crippen molar-refractivity contribution >= 4 is 11.8 Å². The zero-order valence-electron chi connectivity index (χ0n) is 14.4. The molecule has 0 saturated heterocycles. The van der Waals surface area contributed by atoms with E-state index in [9.17, 15) is 5.26 Å². The highest BCUT2D eigenvalue weighted by Gasteiger charge is 2.14. The first-order chi connectivity index (χ1) is 12.2. The lowest BCUT2D eigenvalue weighted by atomic mass is 10.1. The van der Waals surface area contributed by atoms with E-state index in [0.29, 0.717) is 5.75 Å². The number of aryl methyl sites for hydroxylation is 1. The fourth-order valence-electron chi connectivity index (χ4n) is 2.72. The Kier molecular flexibility index (Phi) is 5.52. The predicted octanol–water partition coefficient (Wildman–Crippen LogP) is 4.83. The van der Waals surface area contributed by atoms with Crippen molar-refractivity contribution in [3.8, 4) is 17.5 Å². The number of rotatable bonds is 6. The second-order valence-electron chi connectivity index (χ2n) is 5.88. The molecule has 0 amide bonds. The summed E-state index contributed by atoms with van der Waals surface area (Å²) in [5, 5.41) is 19.0. The normalized spacial score (nSPS) is 10.6. The van der Waals surface area contributed by atoms with Crippen LogP contribution in [0, 0.1) is 18.3 Å². The van der Waals surface area contributed by atoms with E-state index in [-0.39, 0.29) is 0 Å². The van der Waals surface area contributed by atoms with Crippen LogP contribution in [-0.2, 0) is 12.3 Å². The van der Waals surface area contributed by atoms with Gasteiger partial charge in [-0.2, -0.15) is 5.26 Å². The highest BCUT2D eigenvalue weighted by molar-refractivity contribution is 7.98. The van der Waals surface area contributed by atoms with E-state index in [0.717, 1.165) is 40.6 Å². The molecule has 4 nitrogen and oxygen atoms in total. The summed E-state index contributed by atoms with van der Waals surface area (Å²) >= 11 is 1.63. The van der Waals surface area contributed by atoms with Gasteiger partial charge in [0.25, 0.3) is 0 Å². The van der Waals surface area contributed by atoms with E-state index in [4.69, 9.17) is 0 Å².